The molecule has 104 valence electrons. The highest BCUT2D eigenvalue weighted by molar-refractivity contribution is 5.86. The van der Waals surface area contributed by atoms with Gasteiger partial charge in [-0.15, -0.1) is 0 Å². The van der Waals surface area contributed by atoms with Crippen LogP contribution in [0.3, 0.4) is 0 Å². The first-order chi connectivity index (χ1) is 8.99. The van der Waals surface area contributed by atoms with Crippen molar-refractivity contribution in [2.75, 3.05) is 0 Å². The van der Waals surface area contributed by atoms with E-state index in [0.29, 0.717) is 5.92 Å². The van der Waals surface area contributed by atoms with E-state index in [4.69, 9.17) is 4.99 Å². The number of allylic oxidation sites excluding steroid dienone is 1. The zero-order valence-electron chi connectivity index (χ0n) is 13.2. The second kappa shape index (κ2) is 7.28. The molecule has 0 saturated carbocycles. The van der Waals surface area contributed by atoms with Gasteiger partial charge in [-0.25, -0.2) is 0 Å². The summed E-state index contributed by atoms with van der Waals surface area (Å²) < 4.78 is 0. The summed E-state index contributed by atoms with van der Waals surface area (Å²) in [5.74, 6) is 0.713. The molecule has 0 N–H and O–H groups in total. The lowest BCUT2D eigenvalue weighted by Gasteiger charge is -2.16. The lowest BCUT2D eigenvalue weighted by atomic mass is 9.91. The number of hydrogen-bond donors (Lipinski definition) is 0. The Hall–Kier alpha value is -1.37. The molecule has 1 aromatic carbocycles. The molecule has 0 aromatic heterocycles. The third-order valence-corrected chi connectivity index (χ3v) is 3.50. The number of aryl methyl sites for hydroxylation is 1. The Kier molecular flexibility index (Phi) is 6.01. The molecule has 1 unspecified atom stereocenters. The van der Waals surface area contributed by atoms with Crippen molar-refractivity contribution in [2.45, 2.75) is 54.4 Å². The molecular formula is C18H27N. The van der Waals surface area contributed by atoms with Gasteiger partial charge in [0.25, 0.3) is 0 Å². The van der Waals surface area contributed by atoms with Crippen LogP contribution < -0.4 is 0 Å². The zero-order chi connectivity index (χ0) is 14.4. The second-order valence-electron chi connectivity index (χ2n) is 5.56. The molecule has 1 aromatic rings. The predicted octanol–water partition coefficient (Wildman–Crippen LogP) is 5.43. The third kappa shape index (κ3) is 4.34. The fourth-order valence-corrected chi connectivity index (χ4v) is 2.29. The van der Waals surface area contributed by atoms with E-state index in [1.54, 1.807) is 0 Å². The Morgan fingerprint density at radius 3 is 2.53 bits per heavy atom. The summed E-state index contributed by atoms with van der Waals surface area (Å²) >= 11 is 0. The van der Waals surface area contributed by atoms with E-state index < -0.39 is 0 Å². The van der Waals surface area contributed by atoms with Crippen molar-refractivity contribution in [2.24, 2.45) is 10.9 Å². The van der Waals surface area contributed by atoms with Crippen molar-refractivity contribution in [1.82, 2.24) is 0 Å². The normalized spacial score (nSPS) is 13.3. The summed E-state index contributed by atoms with van der Waals surface area (Å²) in [7, 11) is 0. The monoisotopic (exact) mass is 257 g/mol. The van der Waals surface area contributed by atoms with Gasteiger partial charge in [0, 0.05) is 11.3 Å². The van der Waals surface area contributed by atoms with Crippen LogP contribution in [-0.2, 0) is 6.42 Å². The van der Waals surface area contributed by atoms with E-state index in [2.05, 4.69) is 65.8 Å². The number of nitrogens with zero attached hydrogens (tertiary/aromatic N) is 1. The third-order valence-electron chi connectivity index (χ3n) is 3.50. The lowest BCUT2D eigenvalue weighted by molar-refractivity contribution is 0.559. The van der Waals surface area contributed by atoms with Crippen LogP contribution in [0.5, 0.6) is 0 Å². The van der Waals surface area contributed by atoms with E-state index in [9.17, 15) is 0 Å². The van der Waals surface area contributed by atoms with Crippen LogP contribution in [0, 0.1) is 12.8 Å². The average Bonchev–Trinajstić information content (AvgIpc) is 2.36. The summed E-state index contributed by atoms with van der Waals surface area (Å²) in [6.07, 6.45) is 4.47. The van der Waals surface area contributed by atoms with Gasteiger partial charge in [0.05, 0.1) is 5.70 Å². The predicted molar refractivity (Wildman–Crippen MR) is 86.8 cm³/mol. The van der Waals surface area contributed by atoms with Gasteiger partial charge in [-0.2, -0.15) is 0 Å². The summed E-state index contributed by atoms with van der Waals surface area (Å²) in [4.78, 5) is 4.70. The van der Waals surface area contributed by atoms with Crippen molar-refractivity contribution in [3.8, 4) is 0 Å². The molecule has 0 aliphatic rings. The maximum absolute atomic E-state index is 4.70. The zero-order valence-corrected chi connectivity index (χ0v) is 13.2. The van der Waals surface area contributed by atoms with Gasteiger partial charge in [-0.3, -0.25) is 4.99 Å². The van der Waals surface area contributed by atoms with E-state index in [1.807, 2.05) is 0 Å². The molecule has 0 aliphatic heterocycles. The van der Waals surface area contributed by atoms with Gasteiger partial charge in [-0.05, 0) is 51.2 Å². The molecule has 1 rings (SSSR count). The van der Waals surface area contributed by atoms with Crippen molar-refractivity contribution in [1.29, 1.82) is 0 Å². The van der Waals surface area contributed by atoms with E-state index in [0.717, 1.165) is 17.8 Å². The largest absolute Gasteiger partial charge is 0.258 e. The minimum Gasteiger partial charge on any atom is -0.258 e. The van der Waals surface area contributed by atoms with Gasteiger partial charge >= 0.3 is 0 Å². The first-order valence-corrected chi connectivity index (χ1v) is 7.26. The molecule has 0 amide bonds. The summed E-state index contributed by atoms with van der Waals surface area (Å²) in [5.41, 5.74) is 6.28. The molecule has 0 fully saturated rings. The topological polar surface area (TPSA) is 12.4 Å². The van der Waals surface area contributed by atoms with Crippen LogP contribution in [-0.4, -0.2) is 5.71 Å². The minimum absolute atomic E-state index is 0.713. The van der Waals surface area contributed by atoms with Gasteiger partial charge in [0.2, 0.25) is 0 Å². The van der Waals surface area contributed by atoms with Crippen LogP contribution in [0.15, 0.2) is 29.3 Å². The van der Waals surface area contributed by atoms with Crippen molar-refractivity contribution in [3.63, 3.8) is 0 Å². The maximum atomic E-state index is 4.70. The molecule has 1 atom stereocenters. The smallest absolute Gasteiger partial charge is 0.0663 e. The Morgan fingerprint density at radius 1 is 1.32 bits per heavy atom. The SMILES string of the molecule is C/C=C(\N=C(C)C)c1c(C)cccc1CC(C)CC. The van der Waals surface area contributed by atoms with Crippen LogP contribution >= 0.6 is 0 Å². The molecular weight excluding hydrogens is 230 g/mol. The standard InChI is InChI=1S/C18H27N/c1-7-14(5)12-16-11-9-10-15(6)18(16)17(8-2)19-13(3)4/h8-11,14H,7,12H2,1-6H3/b17-8-. The summed E-state index contributed by atoms with van der Waals surface area (Å²) in [6, 6.07) is 6.59. The Labute approximate surface area is 118 Å². The van der Waals surface area contributed by atoms with Crippen LogP contribution in [0.25, 0.3) is 5.70 Å². The number of benzene rings is 1. The van der Waals surface area contributed by atoms with Gasteiger partial charge in [0.15, 0.2) is 0 Å². The minimum atomic E-state index is 0.713. The van der Waals surface area contributed by atoms with Crippen molar-refractivity contribution >= 4 is 11.4 Å². The highest BCUT2D eigenvalue weighted by Crippen LogP contribution is 2.27. The molecule has 0 bridgehead atoms. The molecule has 0 aliphatic carbocycles. The van der Waals surface area contributed by atoms with Crippen molar-refractivity contribution in [3.05, 3.63) is 41.0 Å². The fourth-order valence-electron chi connectivity index (χ4n) is 2.29. The van der Waals surface area contributed by atoms with Crippen LogP contribution in [0.1, 0.15) is 57.7 Å². The maximum Gasteiger partial charge on any atom is 0.0663 e. The number of aliphatic imine (C=N–C) groups is 1. The molecule has 0 spiro atoms. The Morgan fingerprint density at radius 2 is 2.00 bits per heavy atom. The van der Waals surface area contributed by atoms with Crippen molar-refractivity contribution < 1.29 is 0 Å². The van der Waals surface area contributed by atoms with Gasteiger partial charge in [-0.1, -0.05) is 44.5 Å². The second-order valence-corrected chi connectivity index (χ2v) is 5.56. The molecule has 19 heavy (non-hydrogen) atoms. The lowest BCUT2D eigenvalue weighted by Crippen LogP contribution is -2.03. The first-order valence-electron chi connectivity index (χ1n) is 7.26. The molecule has 1 nitrogen and oxygen atoms in total. The molecule has 0 radical (unpaired) electrons. The number of hydrogen-bond acceptors (Lipinski definition) is 1. The summed E-state index contributed by atoms with van der Waals surface area (Å²) in [5, 5.41) is 0. The molecule has 0 heterocycles. The average molecular weight is 257 g/mol. The highest BCUT2D eigenvalue weighted by atomic mass is 14.7. The van der Waals surface area contributed by atoms with Crippen LogP contribution in [0.4, 0.5) is 0 Å². The fraction of sp³-hybridized carbons (Fsp3) is 0.500. The first kappa shape index (κ1) is 15.7. The van der Waals surface area contributed by atoms with E-state index >= 15 is 0 Å². The molecule has 0 saturated heterocycles. The Bertz CT molecular complexity index is 476. The molecule has 1 heteroatoms. The Balaban J connectivity index is 3.28. The van der Waals surface area contributed by atoms with E-state index in [-0.39, 0.29) is 0 Å². The van der Waals surface area contributed by atoms with Crippen LogP contribution in [0.2, 0.25) is 0 Å². The summed E-state index contributed by atoms with van der Waals surface area (Å²) in [6.45, 7) is 12.9. The number of rotatable bonds is 5. The van der Waals surface area contributed by atoms with Gasteiger partial charge < -0.3 is 0 Å². The van der Waals surface area contributed by atoms with E-state index in [1.165, 1.54) is 23.1 Å². The van der Waals surface area contributed by atoms with Gasteiger partial charge in [0.1, 0.15) is 0 Å². The quantitative estimate of drug-likeness (QED) is 0.624. The highest BCUT2D eigenvalue weighted by Gasteiger charge is 2.11.